The number of carbonyl (C=O) groups excluding carboxylic acids is 2. The van der Waals surface area contributed by atoms with E-state index >= 15 is 0 Å². The zero-order valence-corrected chi connectivity index (χ0v) is 19.6. The highest BCUT2D eigenvalue weighted by atomic mass is 79.9. The van der Waals surface area contributed by atoms with Crippen molar-refractivity contribution < 1.29 is 14.3 Å². The average Bonchev–Trinajstić information content (AvgIpc) is 3.25. The van der Waals surface area contributed by atoms with Crippen LogP contribution in [0.4, 0.5) is 0 Å². The van der Waals surface area contributed by atoms with Crippen molar-refractivity contribution in [2.24, 2.45) is 5.92 Å². The Morgan fingerprint density at radius 1 is 1.27 bits per heavy atom. The van der Waals surface area contributed by atoms with E-state index < -0.39 is 0 Å². The molecular formula is C23H25BrN2O3S. The Hall–Kier alpha value is -2.12. The first kappa shape index (κ1) is 21.1. The summed E-state index contributed by atoms with van der Waals surface area (Å²) in [6, 6.07) is 12.4. The largest absolute Gasteiger partial charge is 0.466 e. The van der Waals surface area contributed by atoms with Crippen LogP contribution < -0.4 is 0 Å². The predicted molar refractivity (Wildman–Crippen MR) is 123 cm³/mol. The van der Waals surface area contributed by atoms with Gasteiger partial charge in [-0.2, -0.15) is 0 Å². The molecule has 0 aliphatic carbocycles. The second kappa shape index (κ2) is 8.94. The third kappa shape index (κ3) is 4.32. The van der Waals surface area contributed by atoms with Gasteiger partial charge in [0, 0.05) is 19.6 Å². The van der Waals surface area contributed by atoms with E-state index in [4.69, 9.17) is 4.74 Å². The first-order chi connectivity index (χ1) is 14.5. The van der Waals surface area contributed by atoms with Gasteiger partial charge in [0.05, 0.1) is 26.5 Å². The van der Waals surface area contributed by atoms with E-state index in [-0.39, 0.29) is 17.8 Å². The molecule has 30 heavy (non-hydrogen) atoms. The van der Waals surface area contributed by atoms with Gasteiger partial charge in [-0.15, -0.1) is 11.3 Å². The zero-order valence-electron chi connectivity index (χ0n) is 17.2. The van der Waals surface area contributed by atoms with Gasteiger partial charge in [0.15, 0.2) is 0 Å². The molecule has 1 saturated heterocycles. The number of hydrogen-bond donors (Lipinski definition) is 0. The molecule has 158 valence electrons. The number of thiophene rings is 1. The quantitative estimate of drug-likeness (QED) is 0.461. The van der Waals surface area contributed by atoms with Gasteiger partial charge in [0.1, 0.15) is 5.69 Å². The number of nitrogens with zero attached hydrogens (tertiary/aromatic N) is 2. The van der Waals surface area contributed by atoms with Crippen molar-refractivity contribution in [2.75, 3.05) is 19.7 Å². The molecule has 0 saturated carbocycles. The Morgan fingerprint density at radius 2 is 2.10 bits per heavy atom. The molecule has 0 radical (unpaired) electrons. The number of carbonyl (C=O) groups is 2. The zero-order chi connectivity index (χ0) is 21.3. The first-order valence-corrected chi connectivity index (χ1v) is 11.9. The van der Waals surface area contributed by atoms with Crippen LogP contribution in [-0.4, -0.2) is 41.0 Å². The minimum absolute atomic E-state index is 0.0174. The number of piperidine rings is 1. The number of amides is 1. The average molecular weight is 489 g/mol. The third-order valence-corrected chi connectivity index (χ3v) is 7.10. The summed E-state index contributed by atoms with van der Waals surface area (Å²) in [5, 5.41) is 0. The van der Waals surface area contributed by atoms with E-state index in [9.17, 15) is 9.59 Å². The molecule has 1 atom stereocenters. The van der Waals surface area contributed by atoms with Crippen LogP contribution >= 0.6 is 27.3 Å². The summed E-state index contributed by atoms with van der Waals surface area (Å²) < 4.78 is 9.42. The molecule has 1 aliphatic rings. The minimum atomic E-state index is -0.238. The van der Waals surface area contributed by atoms with Gasteiger partial charge in [0.2, 0.25) is 0 Å². The van der Waals surface area contributed by atoms with Crippen LogP contribution in [-0.2, 0) is 16.1 Å². The Kier molecular flexibility index (Phi) is 6.29. The molecule has 3 heterocycles. The van der Waals surface area contributed by atoms with Crippen LogP contribution in [0.3, 0.4) is 0 Å². The van der Waals surface area contributed by atoms with Gasteiger partial charge in [-0.1, -0.05) is 29.8 Å². The van der Waals surface area contributed by atoms with E-state index in [1.54, 1.807) is 11.3 Å². The summed E-state index contributed by atoms with van der Waals surface area (Å²) in [5.41, 5.74) is 4.08. The fourth-order valence-corrected chi connectivity index (χ4v) is 5.69. The van der Waals surface area contributed by atoms with Gasteiger partial charge in [-0.25, -0.2) is 0 Å². The first-order valence-electron chi connectivity index (χ1n) is 10.3. The molecule has 5 nitrogen and oxygen atoms in total. The second-order valence-electron chi connectivity index (χ2n) is 7.75. The van der Waals surface area contributed by atoms with Crippen LogP contribution in [0.1, 0.15) is 41.4 Å². The number of benzene rings is 1. The highest BCUT2D eigenvalue weighted by molar-refractivity contribution is 9.11. The SMILES string of the molecule is CCOC(=O)[C@H]1CCCN(C(=O)c2cc3sc(Br)cc3n2Cc2cccc(C)c2)C1. The lowest BCUT2D eigenvalue weighted by atomic mass is 9.98. The molecule has 0 spiro atoms. The van der Waals surface area contributed by atoms with Crippen molar-refractivity contribution in [3.8, 4) is 0 Å². The van der Waals surface area contributed by atoms with Crippen molar-refractivity contribution in [1.82, 2.24) is 9.47 Å². The Morgan fingerprint density at radius 3 is 2.87 bits per heavy atom. The monoisotopic (exact) mass is 488 g/mol. The fraction of sp³-hybridized carbons (Fsp3) is 0.391. The number of fused-ring (bicyclic) bond motifs is 1. The molecule has 2 aromatic heterocycles. The summed E-state index contributed by atoms with van der Waals surface area (Å²) in [5.74, 6) is -0.454. The van der Waals surface area contributed by atoms with Gasteiger partial charge in [-0.3, -0.25) is 9.59 Å². The summed E-state index contributed by atoms with van der Waals surface area (Å²) in [4.78, 5) is 27.5. The maximum absolute atomic E-state index is 13.5. The number of likely N-dealkylation sites (tertiary alicyclic amines) is 1. The van der Waals surface area contributed by atoms with Gasteiger partial charge in [0.25, 0.3) is 5.91 Å². The fourth-order valence-electron chi connectivity index (χ4n) is 4.13. The van der Waals surface area contributed by atoms with Crippen molar-refractivity contribution in [1.29, 1.82) is 0 Å². The molecule has 0 unspecified atom stereocenters. The molecule has 0 N–H and O–H groups in total. The number of esters is 1. The summed E-state index contributed by atoms with van der Waals surface area (Å²) >= 11 is 5.20. The molecule has 3 aromatic rings. The lowest BCUT2D eigenvalue weighted by molar-refractivity contribution is -0.149. The normalized spacial score (nSPS) is 16.8. The molecular weight excluding hydrogens is 464 g/mol. The molecule has 4 rings (SSSR count). The second-order valence-corrected chi connectivity index (χ2v) is 10.2. The highest BCUT2D eigenvalue weighted by Crippen LogP contribution is 2.34. The topological polar surface area (TPSA) is 51.5 Å². The Bertz CT molecular complexity index is 1090. The molecule has 7 heteroatoms. The van der Waals surface area contributed by atoms with Gasteiger partial charge in [-0.05, 0) is 60.3 Å². The summed E-state index contributed by atoms with van der Waals surface area (Å²) in [6.07, 6.45) is 1.59. The molecule has 1 amide bonds. The summed E-state index contributed by atoms with van der Waals surface area (Å²) in [6.45, 7) is 5.97. The molecule has 1 aromatic carbocycles. The third-order valence-electron chi connectivity index (χ3n) is 5.53. The lowest BCUT2D eigenvalue weighted by Crippen LogP contribution is -2.43. The number of hydrogen-bond acceptors (Lipinski definition) is 4. The van der Waals surface area contributed by atoms with E-state index in [1.165, 1.54) is 5.56 Å². The molecule has 1 aliphatic heterocycles. The maximum atomic E-state index is 13.5. The highest BCUT2D eigenvalue weighted by Gasteiger charge is 2.31. The van der Waals surface area contributed by atoms with Gasteiger partial charge >= 0.3 is 5.97 Å². The van der Waals surface area contributed by atoms with Crippen molar-refractivity contribution in [3.05, 3.63) is 57.0 Å². The lowest BCUT2D eigenvalue weighted by Gasteiger charge is -2.31. The number of aromatic nitrogens is 1. The number of aryl methyl sites for hydroxylation is 1. The Balaban J connectivity index is 1.65. The van der Waals surface area contributed by atoms with Crippen LogP contribution in [0.25, 0.3) is 10.2 Å². The molecule has 1 fully saturated rings. The van der Waals surface area contributed by atoms with Crippen LogP contribution in [0.2, 0.25) is 0 Å². The van der Waals surface area contributed by atoms with Crippen molar-refractivity contribution in [3.63, 3.8) is 0 Å². The molecule has 0 bridgehead atoms. The van der Waals surface area contributed by atoms with Crippen LogP contribution in [0.5, 0.6) is 0 Å². The predicted octanol–water partition coefficient (Wildman–Crippen LogP) is 5.24. The Labute approximate surface area is 188 Å². The summed E-state index contributed by atoms with van der Waals surface area (Å²) in [7, 11) is 0. The number of ether oxygens (including phenoxy) is 1. The van der Waals surface area contributed by atoms with Crippen LogP contribution in [0.15, 0.2) is 40.2 Å². The smallest absolute Gasteiger partial charge is 0.310 e. The minimum Gasteiger partial charge on any atom is -0.466 e. The van der Waals surface area contributed by atoms with E-state index in [1.807, 2.05) is 24.0 Å². The van der Waals surface area contributed by atoms with Crippen molar-refractivity contribution >= 4 is 49.4 Å². The van der Waals surface area contributed by atoms with E-state index in [2.05, 4.69) is 51.7 Å². The number of halogens is 1. The maximum Gasteiger partial charge on any atom is 0.310 e. The van der Waals surface area contributed by atoms with E-state index in [0.717, 1.165) is 32.4 Å². The van der Waals surface area contributed by atoms with Gasteiger partial charge < -0.3 is 14.2 Å². The standard InChI is InChI=1S/C23H25BrN2O3S/c1-3-29-23(28)17-8-5-9-25(14-17)22(27)19-11-20-18(12-21(24)30-20)26(19)13-16-7-4-6-15(2)10-16/h4,6-7,10-12,17H,3,5,8-9,13-14H2,1-2H3/t17-/m0/s1. The number of rotatable bonds is 5. The van der Waals surface area contributed by atoms with Crippen LogP contribution in [0, 0.1) is 12.8 Å². The van der Waals surface area contributed by atoms with E-state index in [0.29, 0.717) is 31.9 Å². The van der Waals surface area contributed by atoms with Crippen molar-refractivity contribution in [2.45, 2.75) is 33.2 Å².